The van der Waals surface area contributed by atoms with Crippen molar-refractivity contribution in [2.45, 2.75) is 46.5 Å². The predicted molar refractivity (Wildman–Crippen MR) is 117 cm³/mol. The first kappa shape index (κ1) is 24.6. The quantitative estimate of drug-likeness (QED) is 0.430. The fourth-order valence-electron chi connectivity index (χ4n) is 3.46. The van der Waals surface area contributed by atoms with Gasteiger partial charge in [-0.15, -0.1) is 0 Å². The number of ether oxygens (including phenoxy) is 2. The van der Waals surface area contributed by atoms with Gasteiger partial charge in [-0.1, -0.05) is 64.1 Å². The van der Waals surface area contributed by atoms with Crippen molar-refractivity contribution in [3.8, 4) is 0 Å². The Bertz CT molecular complexity index is 793. The van der Waals surface area contributed by atoms with Gasteiger partial charge in [0.2, 0.25) is 0 Å². The van der Waals surface area contributed by atoms with Crippen molar-refractivity contribution in [3.05, 3.63) is 71.8 Å². The number of aliphatic hydroxyl groups excluding tert-OH is 1. The number of esters is 2. The maximum absolute atomic E-state index is 12.8. The molecule has 0 saturated carbocycles. The monoisotopic (exact) mass is 428 g/mol. The van der Waals surface area contributed by atoms with Crippen molar-refractivity contribution in [1.82, 2.24) is 0 Å². The summed E-state index contributed by atoms with van der Waals surface area (Å²) < 4.78 is 11.0. The van der Waals surface area contributed by atoms with E-state index < -0.39 is 29.9 Å². The minimum atomic E-state index is -2.68. The number of carbonyl (C=O) groups excluding carboxylic acids is 2. The third-order valence-corrected chi connectivity index (χ3v) is 5.67. The second kappa shape index (κ2) is 10.6. The van der Waals surface area contributed by atoms with Gasteiger partial charge < -0.3 is 19.7 Å². The average molecular weight is 429 g/mol. The number of aliphatic hydroxyl groups is 2. The van der Waals surface area contributed by atoms with Gasteiger partial charge in [0.05, 0.1) is 17.7 Å². The van der Waals surface area contributed by atoms with Crippen LogP contribution in [-0.2, 0) is 9.47 Å². The van der Waals surface area contributed by atoms with Crippen molar-refractivity contribution >= 4 is 11.9 Å². The molecule has 0 amide bonds. The van der Waals surface area contributed by atoms with Crippen LogP contribution in [0.2, 0.25) is 0 Å². The molecule has 168 valence electrons. The number of hydrogen-bond acceptors (Lipinski definition) is 6. The summed E-state index contributed by atoms with van der Waals surface area (Å²) in [6.07, 6.45) is 0.895. The molecule has 6 nitrogen and oxygen atoms in total. The molecule has 2 aromatic rings. The number of hydrogen-bond donors (Lipinski definition) is 2. The molecule has 0 heterocycles. The summed E-state index contributed by atoms with van der Waals surface area (Å²) in [6, 6.07) is 16.3. The first-order valence-electron chi connectivity index (χ1n) is 10.5. The van der Waals surface area contributed by atoms with Crippen molar-refractivity contribution in [2.75, 3.05) is 6.61 Å². The highest BCUT2D eigenvalue weighted by Gasteiger charge is 2.59. The minimum absolute atomic E-state index is 0.191. The summed E-state index contributed by atoms with van der Waals surface area (Å²) in [4.78, 5) is 25.7. The molecule has 2 aromatic carbocycles. The SMILES string of the molecule is CC(C)CCC(CO)(C(C)C)C(O)(OC(=O)c1ccccc1)OC(=O)c1ccccc1. The lowest BCUT2D eigenvalue weighted by Crippen LogP contribution is -2.59. The molecule has 2 rings (SSSR count). The molecule has 0 spiro atoms. The maximum atomic E-state index is 12.8. The normalized spacial score (nSPS) is 13.7. The van der Waals surface area contributed by atoms with Crippen molar-refractivity contribution in [3.63, 3.8) is 0 Å². The van der Waals surface area contributed by atoms with E-state index in [1.165, 1.54) is 24.3 Å². The van der Waals surface area contributed by atoms with Crippen LogP contribution >= 0.6 is 0 Å². The smallest absolute Gasteiger partial charge is 0.382 e. The van der Waals surface area contributed by atoms with Crippen LogP contribution in [0.1, 0.15) is 61.3 Å². The van der Waals surface area contributed by atoms with E-state index in [0.717, 1.165) is 0 Å². The molecule has 2 N–H and O–H groups in total. The van der Waals surface area contributed by atoms with Crippen LogP contribution in [-0.4, -0.2) is 34.7 Å². The lowest BCUT2D eigenvalue weighted by molar-refractivity contribution is -0.381. The highest BCUT2D eigenvalue weighted by molar-refractivity contribution is 5.91. The van der Waals surface area contributed by atoms with Gasteiger partial charge >= 0.3 is 17.9 Å². The summed E-state index contributed by atoms with van der Waals surface area (Å²) in [5.41, 5.74) is -1.04. The summed E-state index contributed by atoms with van der Waals surface area (Å²) in [6.45, 7) is 7.04. The van der Waals surface area contributed by atoms with Crippen LogP contribution in [0.5, 0.6) is 0 Å². The van der Waals surface area contributed by atoms with Gasteiger partial charge in [-0.05, 0) is 48.9 Å². The average Bonchev–Trinajstić information content (AvgIpc) is 2.75. The van der Waals surface area contributed by atoms with E-state index in [9.17, 15) is 19.8 Å². The predicted octanol–water partition coefficient (Wildman–Crippen LogP) is 4.42. The molecule has 31 heavy (non-hydrogen) atoms. The van der Waals surface area contributed by atoms with Gasteiger partial charge in [-0.3, -0.25) is 0 Å². The Labute approximate surface area is 183 Å². The molecule has 1 unspecified atom stereocenters. The standard InChI is InChI=1S/C25H32O6/c1-18(2)15-16-24(17-26,19(3)4)25(29,30-22(27)20-11-7-5-8-12-20)31-23(28)21-13-9-6-10-14-21/h5-14,18-19,26,29H,15-17H2,1-4H3. The second-order valence-electron chi connectivity index (χ2n) is 8.49. The first-order chi connectivity index (χ1) is 14.6. The molecule has 0 fully saturated rings. The fourth-order valence-corrected chi connectivity index (χ4v) is 3.46. The van der Waals surface area contributed by atoms with E-state index in [0.29, 0.717) is 6.42 Å². The Kier molecular flexibility index (Phi) is 8.36. The van der Waals surface area contributed by atoms with Gasteiger partial charge in [0.15, 0.2) is 0 Å². The van der Waals surface area contributed by atoms with Gasteiger partial charge in [0.25, 0.3) is 0 Å². The summed E-state index contributed by atoms with van der Waals surface area (Å²) in [5, 5.41) is 22.0. The molecule has 0 saturated heterocycles. The molecule has 1 atom stereocenters. The maximum Gasteiger partial charge on any atom is 0.382 e. The van der Waals surface area contributed by atoms with E-state index >= 15 is 0 Å². The molecule has 0 aromatic heterocycles. The van der Waals surface area contributed by atoms with Crippen molar-refractivity contribution in [2.24, 2.45) is 17.3 Å². The Morgan fingerprint density at radius 1 is 0.839 bits per heavy atom. The molecule has 6 heteroatoms. The van der Waals surface area contributed by atoms with Crippen molar-refractivity contribution < 1.29 is 29.3 Å². The van der Waals surface area contributed by atoms with Crippen LogP contribution in [0.25, 0.3) is 0 Å². The van der Waals surface area contributed by atoms with E-state index in [2.05, 4.69) is 0 Å². The van der Waals surface area contributed by atoms with Gasteiger partial charge in [-0.2, -0.15) is 0 Å². The second-order valence-corrected chi connectivity index (χ2v) is 8.49. The van der Waals surface area contributed by atoms with Crippen molar-refractivity contribution in [1.29, 1.82) is 0 Å². The lowest BCUT2D eigenvalue weighted by Gasteiger charge is -2.46. The summed E-state index contributed by atoms with van der Waals surface area (Å²) in [5.74, 6) is -4.51. The highest BCUT2D eigenvalue weighted by atomic mass is 16.8. The van der Waals surface area contributed by atoms with Crippen LogP contribution in [0.4, 0.5) is 0 Å². The highest BCUT2D eigenvalue weighted by Crippen LogP contribution is 2.46. The third kappa shape index (κ3) is 5.71. The lowest BCUT2D eigenvalue weighted by atomic mass is 9.70. The largest absolute Gasteiger partial charge is 0.395 e. The zero-order valence-electron chi connectivity index (χ0n) is 18.6. The number of rotatable bonds is 10. The summed E-state index contributed by atoms with van der Waals surface area (Å²) >= 11 is 0. The van der Waals surface area contributed by atoms with E-state index in [4.69, 9.17) is 9.47 Å². The first-order valence-corrected chi connectivity index (χ1v) is 10.5. The topological polar surface area (TPSA) is 93.1 Å². The van der Waals surface area contributed by atoms with Gasteiger partial charge in [0, 0.05) is 0 Å². The van der Waals surface area contributed by atoms with E-state index in [1.54, 1.807) is 50.2 Å². The molecule has 0 bridgehead atoms. The Balaban J connectivity index is 2.50. The molecular weight excluding hydrogens is 396 g/mol. The van der Waals surface area contributed by atoms with E-state index in [1.807, 2.05) is 13.8 Å². The molecule has 0 aliphatic carbocycles. The fraction of sp³-hybridized carbons (Fsp3) is 0.440. The van der Waals surface area contributed by atoms with Crippen LogP contribution in [0.3, 0.4) is 0 Å². The number of benzene rings is 2. The third-order valence-electron chi connectivity index (χ3n) is 5.67. The van der Waals surface area contributed by atoms with E-state index in [-0.39, 0.29) is 29.4 Å². The van der Waals surface area contributed by atoms with Gasteiger partial charge in [0.1, 0.15) is 5.41 Å². The van der Waals surface area contributed by atoms with Gasteiger partial charge in [-0.25, -0.2) is 9.59 Å². The number of carbonyl (C=O) groups is 2. The zero-order valence-corrected chi connectivity index (χ0v) is 18.6. The molecule has 0 aliphatic heterocycles. The Morgan fingerprint density at radius 2 is 1.26 bits per heavy atom. The molecular formula is C25H32O6. The van der Waals surface area contributed by atoms with Crippen LogP contribution in [0, 0.1) is 17.3 Å². The Hall–Kier alpha value is -2.70. The van der Waals surface area contributed by atoms with Crippen LogP contribution in [0.15, 0.2) is 60.7 Å². The molecule has 0 aliphatic rings. The van der Waals surface area contributed by atoms with Crippen LogP contribution < -0.4 is 0 Å². The minimum Gasteiger partial charge on any atom is -0.395 e. The summed E-state index contributed by atoms with van der Waals surface area (Å²) in [7, 11) is 0. The Morgan fingerprint density at radius 3 is 1.58 bits per heavy atom. The zero-order chi connectivity index (χ0) is 23.1. The molecule has 0 radical (unpaired) electrons.